The van der Waals surface area contributed by atoms with Crippen LogP contribution < -0.4 is 5.73 Å². The van der Waals surface area contributed by atoms with Gasteiger partial charge in [-0.3, -0.25) is 0 Å². The first-order valence-electron chi connectivity index (χ1n) is 4.37. The highest BCUT2D eigenvalue weighted by atomic mass is 14.6. The third-order valence-corrected chi connectivity index (χ3v) is 2.21. The second-order valence-corrected chi connectivity index (χ2v) is 3.08. The molecule has 1 rings (SSSR count). The van der Waals surface area contributed by atoms with Crippen molar-refractivity contribution in [1.82, 2.24) is 0 Å². The van der Waals surface area contributed by atoms with Gasteiger partial charge in [0.2, 0.25) is 0 Å². The van der Waals surface area contributed by atoms with Crippen LogP contribution in [0.4, 0.5) is 0 Å². The van der Waals surface area contributed by atoms with Gasteiger partial charge in [-0.25, -0.2) is 0 Å². The molecule has 1 aliphatic rings. The van der Waals surface area contributed by atoms with E-state index in [1.54, 1.807) is 0 Å². The van der Waals surface area contributed by atoms with Gasteiger partial charge in [-0.2, -0.15) is 0 Å². The van der Waals surface area contributed by atoms with Crippen molar-refractivity contribution >= 4 is 0 Å². The molecular weight excluding hydrogens is 146 g/mol. The summed E-state index contributed by atoms with van der Waals surface area (Å²) in [6.07, 6.45) is 12.6. The molecule has 1 heteroatoms. The molecule has 64 valence electrons. The maximum atomic E-state index is 5.93. The fourth-order valence-corrected chi connectivity index (χ4v) is 1.58. The average Bonchev–Trinajstić information content (AvgIpc) is 2.09. The van der Waals surface area contributed by atoms with Gasteiger partial charge in [0.15, 0.2) is 0 Å². The third kappa shape index (κ3) is 1.78. The Morgan fingerprint density at radius 3 is 3.00 bits per heavy atom. The number of rotatable bonds is 1. The first-order chi connectivity index (χ1) is 5.79. The fourth-order valence-electron chi connectivity index (χ4n) is 1.58. The maximum absolute atomic E-state index is 5.93. The third-order valence-electron chi connectivity index (χ3n) is 2.21. The lowest BCUT2D eigenvalue weighted by Gasteiger charge is -2.20. The van der Waals surface area contributed by atoms with Crippen molar-refractivity contribution in [1.29, 1.82) is 0 Å². The normalized spacial score (nSPS) is 24.6. The van der Waals surface area contributed by atoms with Crippen molar-refractivity contribution in [2.45, 2.75) is 32.2 Å². The summed E-state index contributed by atoms with van der Waals surface area (Å²) >= 11 is 0. The van der Waals surface area contributed by atoms with Crippen LogP contribution in [0.15, 0.2) is 23.3 Å². The standard InChI is InChI=1S/C11H15N/c1-3-6-10-9(4-2)7-5-8-11(10)12/h2-3,6,11H,5,7-8,12H2,1H3/b6-3-/t11-/m0/s1. The van der Waals surface area contributed by atoms with Gasteiger partial charge < -0.3 is 5.73 Å². The number of allylic oxidation sites excluding steroid dienone is 2. The van der Waals surface area contributed by atoms with E-state index in [1.165, 1.54) is 0 Å². The minimum Gasteiger partial charge on any atom is -0.324 e. The summed E-state index contributed by atoms with van der Waals surface area (Å²) in [7, 11) is 0. The van der Waals surface area contributed by atoms with E-state index in [-0.39, 0.29) is 6.04 Å². The minimum absolute atomic E-state index is 0.154. The van der Waals surface area contributed by atoms with E-state index in [1.807, 2.05) is 19.1 Å². The summed E-state index contributed by atoms with van der Waals surface area (Å²) in [6.45, 7) is 1.99. The molecule has 0 fully saturated rings. The second kappa shape index (κ2) is 4.13. The molecule has 0 amide bonds. The lowest BCUT2D eigenvalue weighted by atomic mass is 9.88. The molecule has 0 aromatic rings. The molecule has 1 atom stereocenters. The summed E-state index contributed by atoms with van der Waals surface area (Å²) in [4.78, 5) is 0. The summed E-state index contributed by atoms with van der Waals surface area (Å²) in [5, 5.41) is 0. The molecule has 0 aliphatic heterocycles. The number of hydrogen-bond donors (Lipinski definition) is 1. The van der Waals surface area contributed by atoms with Crippen molar-refractivity contribution < 1.29 is 0 Å². The van der Waals surface area contributed by atoms with Crippen molar-refractivity contribution in [2.24, 2.45) is 5.73 Å². The van der Waals surface area contributed by atoms with Gasteiger partial charge in [-0.1, -0.05) is 18.1 Å². The molecule has 2 N–H and O–H groups in total. The Morgan fingerprint density at radius 1 is 1.67 bits per heavy atom. The molecule has 0 bridgehead atoms. The van der Waals surface area contributed by atoms with Gasteiger partial charge in [0.1, 0.15) is 0 Å². The molecule has 0 aromatic heterocycles. The maximum Gasteiger partial charge on any atom is 0.0304 e. The Balaban J connectivity index is 2.97. The monoisotopic (exact) mass is 161 g/mol. The SMILES string of the molecule is C#CC1=C(/C=C\C)[C@@H](N)CCC1. The highest BCUT2D eigenvalue weighted by molar-refractivity contribution is 5.41. The van der Waals surface area contributed by atoms with Gasteiger partial charge in [-0.05, 0) is 31.8 Å². The second-order valence-electron chi connectivity index (χ2n) is 3.08. The number of terminal acetylenes is 1. The molecule has 0 aromatic carbocycles. The molecule has 12 heavy (non-hydrogen) atoms. The zero-order valence-corrected chi connectivity index (χ0v) is 7.51. The van der Waals surface area contributed by atoms with E-state index in [9.17, 15) is 0 Å². The van der Waals surface area contributed by atoms with Gasteiger partial charge in [0, 0.05) is 11.6 Å². The molecule has 0 radical (unpaired) electrons. The molecular formula is C11H15N. The van der Waals surface area contributed by atoms with Crippen LogP contribution in [0, 0.1) is 12.3 Å². The van der Waals surface area contributed by atoms with Crippen LogP contribution in [0.25, 0.3) is 0 Å². The zero-order valence-electron chi connectivity index (χ0n) is 7.51. The van der Waals surface area contributed by atoms with Crippen LogP contribution in [0.2, 0.25) is 0 Å². The summed E-state index contributed by atoms with van der Waals surface area (Å²) in [6, 6.07) is 0.154. The molecule has 0 unspecified atom stereocenters. The van der Waals surface area contributed by atoms with E-state index in [2.05, 4.69) is 5.92 Å². The number of hydrogen-bond acceptors (Lipinski definition) is 1. The Hall–Kier alpha value is -1.00. The summed E-state index contributed by atoms with van der Waals surface area (Å²) in [5.74, 6) is 2.72. The van der Waals surface area contributed by atoms with Crippen molar-refractivity contribution in [3.8, 4) is 12.3 Å². The van der Waals surface area contributed by atoms with E-state index < -0.39 is 0 Å². The molecule has 1 nitrogen and oxygen atoms in total. The Kier molecular flexibility index (Phi) is 3.13. The van der Waals surface area contributed by atoms with Crippen LogP contribution in [0.3, 0.4) is 0 Å². The largest absolute Gasteiger partial charge is 0.324 e. The van der Waals surface area contributed by atoms with Crippen LogP contribution in [-0.2, 0) is 0 Å². The Labute approximate surface area is 74.3 Å². The lowest BCUT2D eigenvalue weighted by Crippen LogP contribution is -2.25. The van der Waals surface area contributed by atoms with Crippen LogP contribution in [0.1, 0.15) is 26.2 Å². The number of nitrogens with two attached hydrogens (primary N) is 1. The van der Waals surface area contributed by atoms with Crippen molar-refractivity contribution in [2.75, 3.05) is 0 Å². The van der Waals surface area contributed by atoms with E-state index in [0.717, 1.165) is 30.4 Å². The zero-order chi connectivity index (χ0) is 8.97. The molecule has 0 spiro atoms. The quantitative estimate of drug-likeness (QED) is 0.585. The van der Waals surface area contributed by atoms with Gasteiger partial charge in [0.05, 0.1) is 0 Å². The Morgan fingerprint density at radius 2 is 2.42 bits per heavy atom. The lowest BCUT2D eigenvalue weighted by molar-refractivity contribution is 0.614. The summed E-state index contributed by atoms with van der Waals surface area (Å²) < 4.78 is 0. The van der Waals surface area contributed by atoms with Crippen LogP contribution in [-0.4, -0.2) is 6.04 Å². The highest BCUT2D eigenvalue weighted by Crippen LogP contribution is 2.24. The fraction of sp³-hybridized carbons (Fsp3) is 0.455. The minimum atomic E-state index is 0.154. The predicted molar refractivity (Wildman–Crippen MR) is 52.5 cm³/mol. The van der Waals surface area contributed by atoms with E-state index in [4.69, 9.17) is 12.2 Å². The molecule has 0 saturated heterocycles. The van der Waals surface area contributed by atoms with E-state index in [0.29, 0.717) is 0 Å². The first-order valence-corrected chi connectivity index (χ1v) is 4.37. The van der Waals surface area contributed by atoms with Gasteiger partial charge >= 0.3 is 0 Å². The highest BCUT2D eigenvalue weighted by Gasteiger charge is 2.15. The topological polar surface area (TPSA) is 26.0 Å². The van der Waals surface area contributed by atoms with Gasteiger partial charge in [0.25, 0.3) is 0 Å². The smallest absolute Gasteiger partial charge is 0.0304 e. The Bertz CT molecular complexity index is 253. The first kappa shape index (κ1) is 9.09. The van der Waals surface area contributed by atoms with E-state index >= 15 is 0 Å². The van der Waals surface area contributed by atoms with Gasteiger partial charge in [-0.15, -0.1) is 6.42 Å². The average molecular weight is 161 g/mol. The molecule has 0 saturated carbocycles. The summed E-state index contributed by atoms with van der Waals surface area (Å²) in [5.41, 5.74) is 8.17. The molecule has 0 heterocycles. The van der Waals surface area contributed by atoms with Crippen LogP contribution in [0.5, 0.6) is 0 Å². The molecule has 1 aliphatic carbocycles. The van der Waals surface area contributed by atoms with Crippen LogP contribution >= 0.6 is 0 Å². The van der Waals surface area contributed by atoms with Crippen molar-refractivity contribution in [3.05, 3.63) is 23.3 Å². The predicted octanol–water partition coefficient (Wildman–Crippen LogP) is 2.00. The van der Waals surface area contributed by atoms with Crippen molar-refractivity contribution in [3.63, 3.8) is 0 Å².